The molecule has 0 aliphatic heterocycles. The summed E-state index contributed by atoms with van der Waals surface area (Å²) in [5.74, 6) is -0.789. The van der Waals surface area contributed by atoms with Crippen molar-refractivity contribution in [1.82, 2.24) is 0 Å². The minimum atomic E-state index is -0.621. The molecule has 0 N–H and O–H groups in total. The van der Waals surface area contributed by atoms with Crippen molar-refractivity contribution in [1.29, 1.82) is 0 Å². The van der Waals surface area contributed by atoms with E-state index in [2.05, 4.69) is 15.9 Å². The first-order valence-corrected chi connectivity index (χ1v) is 12.4. The Labute approximate surface area is 215 Å². The lowest BCUT2D eigenvalue weighted by Gasteiger charge is -2.35. The van der Waals surface area contributed by atoms with Crippen molar-refractivity contribution in [2.24, 2.45) is 5.92 Å². The van der Waals surface area contributed by atoms with Gasteiger partial charge in [0.25, 0.3) is 0 Å². The molecular weight excluding hydrogens is 543 g/mol. The molecule has 35 heavy (non-hydrogen) atoms. The van der Waals surface area contributed by atoms with Crippen molar-refractivity contribution >= 4 is 44.5 Å². The van der Waals surface area contributed by atoms with Gasteiger partial charge >= 0.3 is 5.97 Å². The Hall–Kier alpha value is -2.42. The Balaban J connectivity index is 1.42. The van der Waals surface area contributed by atoms with Gasteiger partial charge in [-0.15, -0.1) is 0 Å². The predicted molar refractivity (Wildman–Crippen MR) is 134 cm³/mol. The van der Waals surface area contributed by atoms with Crippen LogP contribution in [0.5, 0.6) is 5.75 Å². The maximum absolute atomic E-state index is 15.0. The van der Waals surface area contributed by atoms with Crippen LogP contribution in [-0.2, 0) is 14.3 Å². The van der Waals surface area contributed by atoms with E-state index < -0.39 is 11.4 Å². The first-order chi connectivity index (χ1) is 16.5. The molecule has 0 bridgehead atoms. The molecule has 186 valence electrons. The molecule has 6 nitrogen and oxygen atoms in total. The summed E-state index contributed by atoms with van der Waals surface area (Å²) in [6, 6.07) is 8.92. The fourth-order valence-electron chi connectivity index (χ4n) is 3.81. The summed E-state index contributed by atoms with van der Waals surface area (Å²) in [5, 5.41) is 0.555. The van der Waals surface area contributed by atoms with E-state index >= 15 is 0 Å². The monoisotopic (exact) mass is 566 g/mol. The topological polar surface area (TPSA) is 75.0 Å². The zero-order valence-electron chi connectivity index (χ0n) is 19.5. The Morgan fingerprint density at radius 3 is 2.66 bits per heavy atom. The van der Waals surface area contributed by atoms with Crippen LogP contribution in [0.1, 0.15) is 33.6 Å². The third-order valence-electron chi connectivity index (χ3n) is 5.50. The Kier molecular flexibility index (Phi) is 7.54. The number of halogens is 3. The van der Waals surface area contributed by atoms with Crippen molar-refractivity contribution in [3.63, 3.8) is 0 Å². The van der Waals surface area contributed by atoms with Crippen LogP contribution < -0.4 is 10.2 Å². The summed E-state index contributed by atoms with van der Waals surface area (Å²) in [5.41, 5.74) is -0.660. The van der Waals surface area contributed by atoms with E-state index in [-0.39, 0.29) is 64.3 Å². The molecule has 1 saturated carbocycles. The van der Waals surface area contributed by atoms with Crippen LogP contribution in [-0.4, -0.2) is 30.9 Å². The zero-order chi connectivity index (χ0) is 25.3. The maximum atomic E-state index is 15.0. The van der Waals surface area contributed by atoms with Crippen molar-refractivity contribution in [3.05, 3.63) is 61.9 Å². The third kappa shape index (κ3) is 6.05. The molecule has 9 heteroatoms. The molecule has 1 aliphatic carbocycles. The second-order valence-corrected chi connectivity index (χ2v) is 10.7. The number of hydrogen-bond donors (Lipinski definition) is 0. The third-order valence-corrected chi connectivity index (χ3v) is 6.26. The molecule has 1 fully saturated rings. The number of fused-ring (bicyclic) bond motifs is 1. The van der Waals surface area contributed by atoms with Crippen LogP contribution in [0.3, 0.4) is 0 Å². The molecule has 1 heterocycles. The lowest BCUT2D eigenvalue weighted by molar-refractivity contribution is -0.169. The summed E-state index contributed by atoms with van der Waals surface area (Å²) in [6.07, 6.45) is 1.12. The fraction of sp³-hybridized carbons (Fsp3) is 0.385. The number of para-hydroxylation sites is 1. The van der Waals surface area contributed by atoms with Crippen LogP contribution in [0.15, 0.2) is 50.1 Å². The normalized spacial score (nSPS) is 17.8. The van der Waals surface area contributed by atoms with Crippen molar-refractivity contribution in [3.8, 4) is 17.1 Å². The first kappa shape index (κ1) is 25.7. The number of benzene rings is 2. The van der Waals surface area contributed by atoms with Crippen LogP contribution >= 0.6 is 27.5 Å². The molecule has 0 atom stereocenters. The highest BCUT2D eigenvalue weighted by atomic mass is 79.9. The van der Waals surface area contributed by atoms with E-state index in [0.29, 0.717) is 22.7 Å². The van der Waals surface area contributed by atoms with Gasteiger partial charge in [-0.2, -0.15) is 0 Å². The molecule has 3 aromatic rings. The molecule has 0 saturated heterocycles. The minimum Gasteiger partial charge on any atom is -0.490 e. The van der Waals surface area contributed by atoms with Gasteiger partial charge in [0.2, 0.25) is 0 Å². The van der Waals surface area contributed by atoms with E-state index in [1.807, 2.05) is 20.8 Å². The molecule has 0 unspecified atom stereocenters. The van der Waals surface area contributed by atoms with Gasteiger partial charge in [-0.3, -0.25) is 9.59 Å². The standard InChI is InChI=1S/C26H25BrClFO6/c1-26(2,3)35-25(31)14-9-16(10-14)32-7-8-33-21-12-15(27)11-19(29)23(21)22-13-20(30)17-5-4-6-18(28)24(17)34-22/h4-6,11-14,16H,7-10H2,1-3H3/t14-,16+. The van der Waals surface area contributed by atoms with E-state index in [1.165, 1.54) is 12.1 Å². The maximum Gasteiger partial charge on any atom is 0.309 e. The average Bonchev–Trinajstić information content (AvgIpc) is 2.71. The number of hydrogen-bond acceptors (Lipinski definition) is 6. The Morgan fingerprint density at radius 2 is 1.94 bits per heavy atom. The summed E-state index contributed by atoms with van der Waals surface area (Å²) in [4.78, 5) is 24.7. The van der Waals surface area contributed by atoms with Gasteiger partial charge in [0.1, 0.15) is 29.5 Å². The first-order valence-electron chi connectivity index (χ1n) is 11.2. The van der Waals surface area contributed by atoms with Crippen LogP contribution in [0.4, 0.5) is 4.39 Å². The number of rotatable bonds is 7. The Bertz CT molecular complexity index is 1310. The van der Waals surface area contributed by atoms with Gasteiger partial charge in [-0.05, 0) is 57.9 Å². The highest BCUT2D eigenvalue weighted by molar-refractivity contribution is 9.10. The molecule has 4 rings (SSSR count). The summed E-state index contributed by atoms with van der Waals surface area (Å²) in [7, 11) is 0. The molecule has 0 spiro atoms. The average molecular weight is 568 g/mol. The largest absolute Gasteiger partial charge is 0.490 e. The van der Waals surface area contributed by atoms with Gasteiger partial charge in [0, 0.05) is 10.5 Å². The quantitative estimate of drug-likeness (QED) is 0.239. The van der Waals surface area contributed by atoms with Gasteiger partial charge in [-0.1, -0.05) is 33.6 Å². The summed E-state index contributed by atoms with van der Waals surface area (Å²) >= 11 is 9.47. The molecule has 0 radical (unpaired) electrons. The van der Waals surface area contributed by atoms with Crippen molar-refractivity contribution in [2.45, 2.75) is 45.3 Å². The predicted octanol–water partition coefficient (Wildman–Crippen LogP) is 6.53. The molecule has 1 aromatic heterocycles. The fourth-order valence-corrected chi connectivity index (χ4v) is 4.44. The van der Waals surface area contributed by atoms with Crippen molar-refractivity contribution in [2.75, 3.05) is 13.2 Å². The van der Waals surface area contributed by atoms with E-state index in [0.717, 1.165) is 0 Å². The number of esters is 1. The number of carbonyl (C=O) groups excluding carboxylic acids is 1. The highest BCUT2D eigenvalue weighted by Crippen LogP contribution is 2.37. The van der Waals surface area contributed by atoms with Gasteiger partial charge in [0.05, 0.1) is 34.6 Å². The Morgan fingerprint density at radius 1 is 1.20 bits per heavy atom. The molecule has 2 aromatic carbocycles. The van der Waals surface area contributed by atoms with Crippen LogP contribution in [0.2, 0.25) is 5.02 Å². The van der Waals surface area contributed by atoms with Gasteiger partial charge in [0.15, 0.2) is 11.0 Å². The highest BCUT2D eigenvalue weighted by Gasteiger charge is 2.37. The number of ether oxygens (including phenoxy) is 3. The smallest absolute Gasteiger partial charge is 0.309 e. The van der Waals surface area contributed by atoms with Crippen molar-refractivity contribution < 1.29 is 27.8 Å². The van der Waals surface area contributed by atoms with Gasteiger partial charge in [-0.25, -0.2) is 4.39 Å². The molecule has 1 aliphatic rings. The van der Waals surface area contributed by atoms with E-state index in [9.17, 15) is 14.0 Å². The second kappa shape index (κ2) is 10.3. The van der Waals surface area contributed by atoms with Gasteiger partial charge < -0.3 is 18.6 Å². The minimum absolute atomic E-state index is 0.00992. The molecule has 0 amide bonds. The summed E-state index contributed by atoms with van der Waals surface area (Å²) < 4.78 is 38.3. The lowest BCUT2D eigenvalue weighted by Crippen LogP contribution is -2.40. The van der Waals surface area contributed by atoms with Crippen LogP contribution in [0.25, 0.3) is 22.3 Å². The zero-order valence-corrected chi connectivity index (χ0v) is 21.9. The van der Waals surface area contributed by atoms with Crippen LogP contribution in [0, 0.1) is 11.7 Å². The van der Waals surface area contributed by atoms with E-state index in [1.54, 1.807) is 24.3 Å². The molecular formula is C26H25BrClFO6. The lowest BCUT2D eigenvalue weighted by atomic mass is 9.82. The summed E-state index contributed by atoms with van der Waals surface area (Å²) in [6.45, 7) is 5.89. The number of carbonyl (C=O) groups is 1. The SMILES string of the molecule is CC(C)(C)OC(=O)[C@H]1C[C@@H](OCCOc2cc(Br)cc(F)c2-c2cc(=O)c3cccc(Cl)c3o2)C1. The second-order valence-electron chi connectivity index (χ2n) is 9.40. The van der Waals surface area contributed by atoms with E-state index in [4.69, 9.17) is 30.2 Å².